The van der Waals surface area contributed by atoms with Gasteiger partial charge in [0.1, 0.15) is 5.69 Å². The fourth-order valence-corrected chi connectivity index (χ4v) is 1.63. The predicted octanol–water partition coefficient (Wildman–Crippen LogP) is 1.02. The van der Waals surface area contributed by atoms with Crippen LogP contribution in [0.4, 0.5) is 5.13 Å². The zero-order chi connectivity index (χ0) is 11.4. The number of nitrogens with one attached hydrogen (secondary N) is 1. The Morgan fingerprint density at radius 3 is 2.80 bits per heavy atom. The third-order valence-corrected chi connectivity index (χ3v) is 2.63. The molecule has 0 saturated heterocycles. The zero-order valence-corrected chi connectivity index (χ0v) is 9.43. The SMILES string of the molecule is CC[C@@H](N)C(=O)Nc1nc(C(C)=O)cs1. The van der Waals surface area contributed by atoms with E-state index < -0.39 is 6.04 Å². The monoisotopic (exact) mass is 227 g/mol. The van der Waals surface area contributed by atoms with Gasteiger partial charge in [-0.05, 0) is 6.42 Å². The van der Waals surface area contributed by atoms with E-state index in [2.05, 4.69) is 10.3 Å². The number of ketones is 1. The molecule has 0 spiro atoms. The molecule has 0 saturated carbocycles. The lowest BCUT2D eigenvalue weighted by Gasteiger charge is -2.06. The van der Waals surface area contributed by atoms with Crippen LogP contribution in [-0.2, 0) is 4.79 Å². The van der Waals surface area contributed by atoms with Crippen molar-refractivity contribution in [3.05, 3.63) is 11.1 Å². The van der Waals surface area contributed by atoms with E-state index in [1.54, 1.807) is 5.38 Å². The number of amides is 1. The first-order valence-electron chi connectivity index (χ1n) is 4.57. The number of hydrogen-bond donors (Lipinski definition) is 2. The maximum Gasteiger partial charge on any atom is 0.243 e. The van der Waals surface area contributed by atoms with Crippen LogP contribution in [0.25, 0.3) is 0 Å². The standard InChI is InChI=1S/C9H13N3O2S/c1-3-6(10)8(14)12-9-11-7(4-15-9)5(2)13/h4,6H,3,10H2,1-2H3,(H,11,12,14)/t6-/m1/s1. The summed E-state index contributed by atoms with van der Waals surface area (Å²) in [6.45, 7) is 3.26. The molecule has 0 aromatic carbocycles. The molecule has 1 aromatic heterocycles. The summed E-state index contributed by atoms with van der Waals surface area (Å²) in [6, 6.07) is -0.533. The highest BCUT2D eigenvalue weighted by atomic mass is 32.1. The second-order valence-corrected chi connectivity index (χ2v) is 3.96. The quantitative estimate of drug-likeness (QED) is 0.752. The summed E-state index contributed by atoms with van der Waals surface area (Å²) in [5.41, 5.74) is 5.89. The van der Waals surface area contributed by atoms with Crippen molar-refractivity contribution in [3.8, 4) is 0 Å². The second-order valence-electron chi connectivity index (χ2n) is 3.10. The number of carbonyl (C=O) groups excluding carboxylic acids is 2. The number of nitrogens with zero attached hydrogens (tertiary/aromatic N) is 1. The number of hydrogen-bond acceptors (Lipinski definition) is 5. The molecule has 0 aliphatic carbocycles. The van der Waals surface area contributed by atoms with Crippen molar-refractivity contribution in [2.75, 3.05) is 5.32 Å². The van der Waals surface area contributed by atoms with Crippen molar-refractivity contribution < 1.29 is 9.59 Å². The van der Waals surface area contributed by atoms with Crippen molar-refractivity contribution in [1.29, 1.82) is 0 Å². The maximum atomic E-state index is 11.4. The summed E-state index contributed by atoms with van der Waals surface area (Å²) in [5.74, 6) is -0.395. The lowest BCUT2D eigenvalue weighted by atomic mass is 10.2. The third-order valence-electron chi connectivity index (χ3n) is 1.87. The number of aromatic nitrogens is 1. The summed E-state index contributed by atoms with van der Waals surface area (Å²) in [7, 11) is 0. The van der Waals surface area contributed by atoms with Crippen molar-refractivity contribution in [3.63, 3.8) is 0 Å². The number of carbonyl (C=O) groups is 2. The molecule has 1 heterocycles. The van der Waals surface area contributed by atoms with Crippen molar-refractivity contribution in [2.45, 2.75) is 26.3 Å². The Morgan fingerprint density at radius 1 is 1.67 bits per heavy atom. The van der Waals surface area contributed by atoms with Gasteiger partial charge < -0.3 is 11.1 Å². The third kappa shape index (κ3) is 3.10. The molecule has 1 amide bonds. The molecule has 0 aliphatic heterocycles. The summed E-state index contributed by atoms with van der Waals surface area (Å²) >= 11 is 1.21. The van der Waals surface area contributed by atoms with Gasteiger partial charge >= 0.3 is 0 Å². The average molecular weight is 227 g/mol. The molecular weight excluding hydrogens is 214 g/mol. The van der Waals surface area contributed by atoms with Crippen molar-refractivity contribution in [1.82, 2.24) is 4.98 Å². The molecule has 0 radical (unpaired) electrons. The first-order chi connectivity index (χ1) is 7.04. The van der Waals surface area contributed by atoms with Gasteiger partial charge in [-0.25, -0.2) is 4.98 Å². The number of thiazole rings is 1. The fraction of sp³-hybridized carbons (Fsp3) is 0.444. The van der Waals surface area contributed by atoms with Gasteiger partial charge in [0.2, 0.25) is 5.91 Å². The van der Waals surface area contributed by atoms with E-state index in [4.69, 9.17) is 5.73 Å². The molecular formula is C9H13N3O2S. The summed E-state index contributed by atoms with van der Waals surface area (Å²) in [5, 5.41) is 4.58. The van der Waals surface area contributed by atoms with Crippen molar-refractivity contribution >= 4 is 28.2 Å². The molecule has 0 fully saturated rings. The normalized spacial score (nSPS) is 12.2. The van der Waals surface area contributed by atoms with Crippen LogP contribution < -0.4 is 11.1 Å². The summed E-state index contributed by atoms with van der Waals surface area (Å²) in [4.78, 5) is 26.3. The lowest BCUT2D eigenvalue weighted by Crippen LogP contribution is -2.34. The van der Waals surface area contributed by atoms with E-state index in [-0.39, 0.29) is 11.7 Å². The summed E-state index contributed by atoms with van der Waals surface area (Å²) in [6.07, 6.45) is 0.566. The lowest BCUT2D eigenvalue weighted by molar-refractivity contribution is -0.117. The van der Waals surface area contributed by atoms with E-state index in [1.807, 2.05) is 6.92 Å². The predicted molar refractivity (Wildman–Crippen MR) is 59.0 cm³/mol. The van der Waals surface area contributed by atoms with E-state index in [9.17, 15) is 9.59 Å². The molecule has 0 unspecified atom stereocenters. The van der Waals surface area contributed by atoms with Gasteiger partial charge in [-0.3, -0.25) is 9.59 Å². The molecule has 1 rings (SSSR count). The van der Waals surface area contributed by atoms with E-state index in [0.29, 0.717) is 17.2 Å². The Labute approximate surface area is 91.7 Å². The van der Waals surface area contributed by atoms with E-state index in [0.717, 1.165) is 0 Å². The molecule has 0 aliphatic rings. The Morgan fingerprint density at radius 2 is 2.33 bits per heavy atom. The van der Waals surface area contributed by atoms with E-state index >= 15 is 0 Å². The molecule has 82 valence electrons. The molecule has 1 aromatic rings. The van der Waals surface area contributed by atoms with Gasteiger partial charge in [-0.2, -0.15) is 0 Å². The first-order valence-corrected chi connectivity index (χ1v) is 5.45. The van der Waals surface area contributed by atoms with E-state index in [1.165, 1.54) is 18.3 Å². The Bertz CT molecular complexity index is 375. The zero-order valence-electron chi connectivity index (χ0n) is 8.61. The number of anilines is 1. The first kappa shape index (κ1) is 11.8. The minimum absolute atomic E-state index is 0.119. The molecule has 15 heavy (non-hydrogen) atoms. The van der Waals surface area contributed by atoms with Crippen LogP contribution in [0.15, 0.2) is 5.38 Å². The number of nitrogens with two attached hydrogens (primary N) is 1. The second kappa shape index (κ2) is 4.99. The Hall–Kier alpha value is -1.27. The molecule has 0 bridgehead atoms. The minimum Gasteiger partial charge on any atom is -0.320 e. The Kier molecular flexibility index (Phi) is 3.93. The van der Waals surface area contributed by atoms with Crippen LogP contribution in [0, 0.1) is 0 Å². The largest absolute Gasteiger partial charge is 0.320 e. The van der Waals surface area contributed by atoms with Crippen LogP contribution in [0.2, 0.25) is 0 Å². The summed E-state index contributed by atoms with van der Waals surface area (Å²) < 4.78 is 0. The number of rotatable bonds is 4. The smallest absolute Gasteiger partial charge is 0.243 e. The van der Waals surface area contributed by atoms with Gasteiger partial charge in [0.15, 0.2) is 10.9 Å². The van der Waals surface area contributed by atoms with Gasteiger partial charge in [0.25, 0.3) is 0 Å². The average Bonchev–Trinajstić information content (AvgIpc) is 2.65. The molecule has 5 nitrogen and oxygen atoms in total. The highest BCUT2D eigenvalue weighted by Gasteiger charge is 2.13. The molecule has 6 heteroatoms. The topological polar surface area (TPSA) is 85.1 Å². The van der Waals surface area contributed by atoms with Gasteiger partial charge in [0, 0.05) is 12.3 Å². The fourth-order valence-electron chi connectivity index (χ4n) is 0.876. The Balaban J connectivity index is 2.65. The van der Waals surface area contributed by atoms with Crippen LogP contribution in [-0.4, -0.2) is 22.7 Å². The molecule has 3 N–H and O–H groups in total. The van der Waals surface area contributed by atoms with Gasteiger partial charge in [-0.15, -0.1) is 11.3 Å². The highest BCUT2D eigenvalue weighted by Crippen LogP contribution is 2.15. The van der Waals surface area contributed by atoms with Crippen LogP contribution in [0.1, 0.15) is 30.8 Å². The highest BCUT2D eigenvalue weighted by molar-refractivity contribution is 7.14. The van der Waals surface area contributed by atoms with Crippen LogP contribution >= 0.6 is 11.3 Å². The maximum absolute atomic E-state index is 11.4. The van der Waals surface area contributed by atoms with Crippen LogP contribution in [0.3, 0.4) is 0 Å². The van der Waals surface area contributed by atoms with Gasteiger partial charge in [-0.1, -0.05) is 6.92 Å². The minimum atomic E-state index is -0.533. The van der Waals surface area contributed by atoms with Crippen LogP contribution in [0.5, 0.6) is 0 Å². The van der Waals surface area contributed by atoms with Gasteiger partial charge in [0.05, 0.1) is 6.04 Å². The van der Waals surface area contributed by atoms with Crippen molar-refractivity contribution in [2.24, 2.45) is 5.73 Å². The number of Topliss-reactive ketones (excluding diaryl/α,β-unsaturated/α-hetero) is 1. The molecule has 1 atom stereocenters.